The van der Waals surface area contributed by atoms with Crippen molar-refractivity contribution in [2.75, 3.05) is 18.4 Å². The lowest BCUT2D eigenvalue weighted by atomic mass is 9.89. The summed E-state index contributed by atoms with van der Waals surface area (Å²) in [6.07, 6.45) is 1.82. The van der Waals surface area contributed by atoms with E-state index in [4.69, 9.17) is 0 Å². The van der Waals surface area contributed by atoms with E-state index < -0.39 is 23.9 Å². The lowest BCUT2D eigenvalue weighted by Crippen LogP contribution is -2.49. The molecule has 2 aromatic rings. The number of likely N-dealkylation sites (tertiary alicyclic amines) is 1. The smallest absolute Gasteiger partial charge is 0.247 e. The molecular formula is C18H20F2N4O2. The van der Waals surface area contributed by atoms with Crippen LogP contribution in [0.25, 0.3) is 0 Å². The van der Waals surface area contributed by atoms with Crippen LogP contribution in [0.2, 0.25) is 0 Å². The number of halogens is 2. The molecule has 1 aliphatic heterocycles. The van der Waals surface area contributed by atoms with Crippen LogP contribution in [0.1, 0.15) is 24.8 Å². The average Bonchev–Trinajstić information content (AvgIpc) is 2.64. The average molecular weight is 362 g/mol. The lowest BCUT2D eigenvalue weighted by Gasteiger charge is -2.38. The van der Waals surface area contributed by atoms with E-state index in [1.807, 2.05) is 4.90 Å². The summed E-state index contributed by atoms with van der Waals surface area (Å²) in [7, 11) is 0. The maximum atomic E-state index is 14.4. The van der Waals surface area contributed by atoms with E-state index in [1.165, 1.54) is 24.4 Å². The molecule has 1 saturated heterocycles. The molecule has 26 heavy (non-hydrogen) atoms. The van der Waals surface area contributed by atoms with E-state index >= 15 is 0 Å². The van der Waals surface area contributed by atoms with Crippen molar-refractivity contribution >= 4 is 11.7 Å². The molecule has 3 heterocycles. The Morgan fingerprint density at radius 1 is 1.38 bits per heavy atom. The number of amides is 1. The molecule has 1 amide bonds. The second-order valence-corrected chi connectivity index (χ2v) is 6.42. The normalized spacial score (nSPS) is 22.0. The molecule has 6 nitrogen and oxygen atoms in total. The Bertz CT molecular complexity index is 804. The van der Waals surface area contributed by atoms with E-state index in [0.717, 1.165) is 6.20 Å². The first-order valence-electron chi connectivity index (χ1n) is 8.43. The predicted octanol–water partition coefficient (Wildman–Crippen LogP) is 2.06. The molecule has 1 aliphatic rings. The van der Waals surface area contributed by atoms with Crippen molar-refractivity contribution in [3.63, 3.8) is 0 Å². The molecule has 0 bridgehead atoms. The van der Waals surface area contributed by atoms with Gasteiger partial charge in [0, 0.05) is 31.3 Å². The Kier molecular flexibility index (Phi) is 5.41. The number of rotatable bonds is 4. The van der Waals surface area contributed by atoms with Crippen LogP contribution in [0.5, 0.6) is 0 Å². The number of anilines is 1. The van der Waals surface area contributed by atoms with Gasteiger partial charge in [0.2, 0.25) is 11.5 Å². The third-order valence-electron chi connectivity index (χ3n) is 4.70. The predicted molar refractivity (Wildman–Crippen MR) is 93.2 cm³/mol. The third kappa shape index (κ3) is 4.13. The molecule has 0 aliphatic carbocycles. The fourth-order valence-corrected chi connectivity index (χ4v) is 3.11. The summed E-state index contributed by atoms with van der Waals surface area (Å²) >= 11 is 0. The Balaban J connectivity index is 1.67. The molecule has 0 radical (unpaired) electrons. The van der Waals surface area contributed by atoms with Crippen LogP contribution in [-0.2, 0) is 4.79 Å². The van der Waals surface area contributed by atoms with E-state index in [0.29, 0.717) is 25.1 Å². The number of alkyl halides is 1. The number of H-pyrrole nitrogens is 1. The molecule has 0 aromatic carbocycles. The monoisotopic (exact) mass is 362 g/mol. The van der Waals surface area contributed by atoms with Gasteiger partial charge in [0.25, 0.3) is 0 Å². The highest BCUT2D eigenvalue weighted by Crippen LogP contribution is 2.30. The maximum Gasteiger partial charge on any atom is 0.247 e. The van der Waals surface area contributed by atoms with Crippen LogP contribution in [0.4, 0.5) is 14.6 Å². The minimum Gasteiger partial charge on any atom is -0.329 e. The number of aromatic amines is 1. The minimum atomic E-state index is -1.04. The van der Waals surface area contributed by atoms with E-state index in [-0.39, 0.29) is 17.3 Å². The number of nitrogens with one attached hydrogen (secondary N) is 2. The summed E-state index contributed by atoms with van der Waals surface area (Å²) < 4.78 is 27.3. The molecule has 8 heteroatoms. The molecule has 3 unspecified atom stereocenters. The standard InChI is InChI=1S/C18H20F2N4O2/c1-11(18(26)23-16-4-3-13(19)9-21-16)24-7-6-15(20)14(10-24)12-2-5-17(25)22-8-12/h2-5,8-9,11,14-15H,6-7,10H2,1H3,(H,22,25)(H,21,23,26). The molecule has 1 fully saturated rings. The molecule has 2 N–H and O–H groups in total. The molecular weight excluding hydrogens is 342 g/mol. The van der Waals surface area contributed by atoms with Gasteiger partial charge in [-0.05, 0) is 31.0 Å². The SMILES string of the molecule is CC(C(=O)Nc1ccc(F)cn1)N1CCC(F)C(c2ccc(=O)[nH]c2)C1. The second-order valence-electron chi connectivity index (χ2n) is 6.42. The Labute approximate surface area is 149 Å². The van der Waals surface area contributed by atoms with Crippen molar-refractivity contribution in [1.82, 2.24) is 14.9 Å². The zero-order chi connectivity index (χ0) is 18.7. The summed E-state index contributed by atoms with van der Waals surface area (Å²) in [4.78, 5) is 31.9. The Hall–Kier alpha value is -2.61. The molecule has 0 saturated carbocycles. The van der Waals surface area contributed by atoms with Crippen molar-refractivity contribution in [1.29, 1.82) is 0 Å². The summed E-state index contributed by atoms with van der Waals surface area (Å²) in [6, 6.07) is 5.09. The number of aromatic nitrogens is 2. The van der Waals surface area contributed by atoms with Crippen LogP contribution < -0.4 is 10.9 Å². The largest absolute Gasteiger partial charge is 0.329 e. The van der Waals surface area contributed by atoms with Crippen molar-refractivity contribution in [3.8, 4) is 0 Å². The van der Waals surface area contributed by atoms with Gasteiger partial charge in [-0.3, -0.25) is 14.5 Å². The fraction of sp³-hybridized carbons (Fsp3) is 0.389. The Morgan fingerprint density at radius 3 is 2.85 bits per heavy atom. The van der Waals surface area contributed by atoms with Gasteiger partial charge in [-0.2, -0.15) is 0 Å². The molecule has 138 valence electrons. The number of hydrogen-bond acceptors (Lipinski definition) is 4. The number of carbonyl (C=O) groups is 1. The van der Waals surface area contributed by atoms with Gasteiger partial charge in [0.1, 0.15) is 17.8 Å². The first-order chi connectivity index (χ1) is 12.4. The molecule has 0 spiro atoms. The van der Waals surface area contributed by atoms with Crippen LogP contribution >= 0.6 is 0 Å². The van der Waals surface area contributed by atoms with Crippen LogP contribution in [-0.4, -0.2) is 46.1 Å². The van der Waals surface area contributed by atoms with Gasteiger partial charge in [-0.25, -0.2) is 13.8 Å². The third-order valence-corrected chi connectivity index (χ3v) is 4.70. The van der Waals surface area contributed by atoms with E-state index in [1.54, 1.807) is 13.0 Å². The first-order valence-corrected chi connectivity index (χ1v) is 8.43. The van der Waals surface area contributed by atoms with Crippen molar-refractivity contribution < 1.29 is 13.6 Å². The van der Waals surface area contributed by atoms with E-state index in [2.05, 4.69) is 15.3 Å². The highest BCUT2D eigenvalue weighted by atomic mass is 19.1. The fourth-order valence-electron chi connectivity index (χ4n) is 3.11. The molecule has 3 rings (SSSR count). The lowest BCUT2D eigenvalue weighted by molar-refractivity contribution is -0.121. The number of carbonyl (C=O) groups excluding carboxylic acids is 1. The zero-order valence-electron chi connectivity index (χ0n) is 14.3. The Morgan fingerprint density at radius 2 is 2.19 bits per heavy atom. The van der Waals surface area contributed by atoms with Gasteiger partial charge in [0.15, 0.2) is 0 Å². The number of nitrogens with zero attached hydrogens (tertiary/aromatic N) is 2. The zero-order valence-corrected chi connectivity index (χ0v) is 14.3. The van der Waals surface area contributed by atoms with Gasteiger partial charge < -0.3 is 10.3 Å². The van der Waals surface area contributed by atoms with Crippen molar-refractivity contribution in [2.24, 2.45) is 0 Å². The van der Waals surface area contributed by atoms with E-state index in [9.17, 15) is 18.4 Å². The molecule has 2 aromatic heterocycles. The van der Waals surface area contributed by atoms with Crippen molar-refractivity contribution in [2.45, 2.75) is 31.5 Å². The number of piperidine rings is 1. The van der Waals surface area contributed by atoms with Crippen molar-refractivity contribution in [3.05, 3.63) is 58.4 Å². The van der Waals surface area contributed by atoms with Crippen LogP contribution in [0.3, 0.4) is 0 Å². The summed E-state index contributed by atoms with van der Waals surface area (Å²) in [6.45, 7) is 2.55. The molecule has 3 atom stereocenters. The van der Waals surface area contributed by atoms with Gasteiger partial charge in [0.05, 0.1) is 12.2 Å². The minimum absolute atomic E-state index is 0.239. The highest BCUT2D eigenvalue weighted by Gasteiger charge is 2.34. The van der Waals surface area contributed by atoms with Gasteiger partial charge in [-0.15, -0.1) is 0 Å². The van der Waals surface area contributed by atoms with Gasteiger partial charge in [-0.1, -0.05) is 6.07 Å². The number of pyridine rings is 2. The summed E-state index contributed by atoms with van der Waals surface area (Å²) in [5, 5.41) is 2.64. The topological polar surface area (TPSA) is 78.1 Å². The summed E-state index contributed by atoms with van der Waals surface area (Å²) in [5.41, 5.74) is 0.464. The van der Waals surface area contributed by atoms with Crippen LogP contribution in [0.15, 0.2) is 41.5 Å². The maximum absolute atomic E-state index is 14.4. The first kappa shape index (κ1) is 18.2. The van der Waals surface area contributed by atoms with Crippen LogP contribution in [0, 0.1) is 5.82 Å². The highest BCUT2D eigenvalue weighted by molar-refractivity contribution is 5.93. The number of hydrogen-bond donors (Lipinski definition) is 2. The second kappa shape index (κ2) is 7.74. The van der Waals surface area contributed by atoms with Gasteiger partial charge >= 0.3 is 0 Å². The summed E-state index contributed by atoms with van der Waals surface area (Å²) in [5.74, 6) is -0.924. The quantitative estimate of drug-likeness (QED) is 0.873.